The van der Waals surface area contributed by atoms with E-state index >= 15 is 0 Å². The Kier molecular flexibility index (Phi) is 5.39. The number of rotatable bonds is 5. The second-order valence-electron chi connectivity index (χ2n) is 4.88. The van der Waals surface area contributed by atoms with E-state index in [4.69, 9.17) is 0 Å². The number of hydrogen-bond acceptors (Lipinski definition) is 2. The summed E-state index contributed by atoms with van der Waals surface area (Å²) >= 11 is 3.54. The number of hydrogen-bond donors (Lipinski definition) is 2. The highest BCUT2D eigenvalue weighted by molar-refractivity contribution is 9.10. The van der Waals surface area contributed by atoms with Gasteiger partial charge in [-0.3, -0.25) is 4.79 Å². The highest BCUT2D eigenvalue weighted by Gasteiger charge is 2.04. The minimum absolute atomic E-state index is 0.0424. The van der Waals surface area contributed by atoms with Crippen LogP contribution in [0.25, 0.3) is 0 Å². The first kappa shape index (κ1) is 15.6. The van der Waals surface area contributed by atoms with Crippen molar-refractivity contribution >= 4 is 27.5 Å². The van der Waals surface area contributed by atoms with E-state index in [0.717, 1.165) is 16.7 Å². The third-order valence-electron chi connectivity index (χ3n) is 3.19. The first-order chi connectivity index (χ1) is 10.1. The fourth-order valence-electron chi connectivity index (χ4n) is 1.98. The van der Waals surface area contributed by atoms with Gasteiger partial charge in [0.1, 0.15) is 0 Å². The van der Waals surface area contributed by atoms with Crippen molar-refractivity contribution < 1.29 is 4.79 Å². The molecule has 3 nitrogen and oxygen atoms in total. The molecule has 110 valence electrons. The molecule has 0 unspecified atom stereocenters. The number of carbonyl (C=O) groups excluding carboxylic acids is 1. The molecule has 0 heterocycles. The minimum atomic E-state index is -0.0424. The maximum absolute atomic E-state index is 11.8. The number of carbonyl (C=O) groups is 1. The van der Waals surface area contributed by atoms with E-state index in [9.17, 15) is 4.79 Å². The Morgan fingerprint density at radius 2 is 2.00 bits per heavy atom. The number of amides is 1. The number of aryl methyl sites for hydroxylation is 1. The summed E-state index contributed by atoms with van der Waals surface area (Å²) in [4.78, 5) is 11.8. The largest absolute Gasteiger partial charge is 0.381 e. The molecule has 0 aliphatic rings. The fraction of sp³-hybridized carbons (Fsp3) is 0.235. The van der Waals surface area contributed by atoms with Gasteiger partial charge in [0.25, 0.3) is 5.91 Å². The molecule has 0 aromatic heterocycles. The lowest BCUT2D eigenvalue weighted by Crippen LogP contribution is -2.22. The number of halogens is 1. The molecule has 0 spiro atoms. The Morgan fingerprint density at radius 3 is 2.71 bits per heavy atom. The highest BCUT2D eigenvalue weighted by atomic mass is 79.9. The van der Waals surface area contributed by atoms with Gasteiger partial charge in [-0.25, -0.2) is 0 Å². The van der Waals surface area contributed by atoms with E-state index < -0.39 is 0 Å². The molecular formula is C17H19BrN2O. The average molecular weight is 347 g/mol. The first-order valence-corrected chi connectivity index (χ1v) is 7.76. The van der Waals surface area contributed by atoms with Crippen molar-refractivity contribution in [1.82, 2.24) is 5.32 Å². The van der Waals surface area contributed by atoms with Gasteiger partial charge in [-0.15, -0.1) is 0 Å². The molecule has 0 bridgehead atoms. The van der Waals surface area contributed by atoms with Crippen LogP contribution in [0.5, 0.6) is 0 Å². The third kappa shape index (κ3) is 4.33. The first-order valence-electron chi connectivity index (χ1n) is 6.97. The average Bonchev–Trinajstić information content (AvgIpc) is 2.49. The lowest BCUT2D eigenvalue weighted by atomic mass is 10.1. The number of benzene rings is 2. The molecule has 0 saturated carbocycles. The molecule has 2 rings (SSSR count). The number of anilines is 1. The lowest BCUT2D eigenvalue weighted by Gasteiger charge is -2.09. The standard InChI is InChI=1S/C17H19BrN2O/c1-3-19-17(21)14-5-4-6-15(10-14)20-11-13-8-7-12(2)16(18)9-13/h4-10,20H,3,11H2,1-2H3,(H,19,21). The van der Waals surface area contributed by atoms with Gasteiger partial charge in [0.2, 0.25) is 0 Å². The van der Waals surface area contributed by atoms with Crippen LogP contribution in [0.15, 0.2) is 46.9 Å². The van der Waals surface area contributed by atoms with Crippen molar-refractivity contribution in [2.75, 3.05) is 11.9 Å². The molecular weight excluding hydrogens is 328 g/mol. The van der Waals surface area contributed by atoms with Crippen LogP contribution >= 0.6 is 15.9 Å². The van der Waals surface area contributed by atoms with Gasteiger partial charge in [0.15, 0.2) is 0 Å². The van der Waals surface area contributed by atoms with E-state index in [-0.39, 0.29) is 5.91 Å². The summed E-state index contributed by atoms with van der Waals surface area (Å²) in [5.41, 5.74) is 4.02. The Bertz CT molecular complexity index is 640. The summed E-state index contributed by atoms with van der Waals surface area (Å²) in [6, 6.07) is 13.8. The van der Waals surface area contributed by atoms with Crippen LogP contribution < -0.4 is 10.6 Å². The quantitative estimate of drug-likeness (QED) is 0.854. The van der Waals surface area contributed by atoms with E-state index in [1.165, 1.54) is 11.1 Å². The van der Waals surface area contributed by atoms with Gasteiger partial charge >= 0.3 is 0 Å². The summed E-state index contributed by atoms with van der Waals surface area (Å²) in [5.74, 6) is -0.0424. The Labute approximate surface area is 133 Å². The molecule has 0 radical (unpaired) electrons. The molecule has 0 aliphatic carbocycles. The van der Waals surface area contributed by atoms with Crippen molar-refractivity contribution in [3.05, 3.63) is 63.6 Å². The van der Waals surface area contributed by atoms with Gasteiger partial charge in [0, 0.05) is 28.8 Å². The topological polar surface area (TPSA) is 41.1 Å². The van der Waals surface area contributed by atoms with Gasteiger partial charge in [-0.1, -0.05) is 34.1 Å². The number of nitrogens with one attached hydrogen (secondary N) is 2. The van der Waals surface area contributed by atoms with Gasteiger partial charge in [0.05, 0.1) is 0 Å². The van der Waals surface area contributed by atoms with E-state index in [0.29, 0.717) is 12.1 Å². The van der Waals surface area contributed by atoms with Crippen LogP contribution in [0.4, 0.5) is 5.69 Å². The van der Waals surface area contributed by atoms with Crippen LogP contribution in [-0.4, -0.2) is 12.5 Å². The Hall–Kier alpha value is -1.81. The predicted octanol–water partition coefficient (Wildman–Crippen LogP) is 4.12. The maximum Gasteiger partial charge on any atom is 0.251 e. The predicted molar refractivity (Wildman–Crippen MR) is 90.7 cm³/mol. The van der Waals surface area contributed by atoms with Crippen LogP contribution in [0.3, 0.4) is 0 Å². The SMILES string of the molecule is CCNC(=O)c1cccc(NCc2ccc(C)c(Br)c2)c1. The van der Waals surface area contributed by atoms with Crippen LogP contribution in [0.2, 0.25) is 0 Å². The highest BCUT2D eigenvalue weighted by Crippen LogP contribution is 2.19. The van der Waals surface area contributed by atoms with Gasteiger partial charge in [-0.05, 0) is 49.2 Å². The van der Waals surface area contributed by atoms with E-state index in [1.54, 1.807) is 0 Å². The monoisotopic (exact) mass is 346 g/mol. The normalized spacial score (nSPS) is 10.2. The van der Waals surface area contributed by atoms with Crippen LogP contribution in [0.1, 0.15) is 28.4 Å². The minimum Gasteiger partial charge on any atom is -0.381 e. The molecule has 2 aromatic rings. The van der Waals surface area contributed by atoms with Crippen molar-refractivity contribution in [1.29, 1.82) is 0 Å². The molecule has 2 aromatic carbocycles. The molecule has 0 atom stereocenters. The third-order valence-corrected chi connectivity index (χ3v) is 4.05. The summed E-state index contributed by atoms with van der Waals surface area (Å²) in [6.07, 6.45) is 0. The molecule has 2 N–H and O–H groups in total. The zero-order valence-corrected chi connectivity index (χ0v) is 13.8. The molecule has 21 heavy (non-hydrogen) atoms. The molecule has 0 aliphatic heterocycles. The zero-order chi connectivity index (χ0) is 15.2. The van der Waals surface area contributed by atoms with Crippen molar-refractivity contribution in [2.45, 2.75) is 20.4 Å². The summed E-state index contributed by atoms with van der Waals surface area (Å²) in [6.45, 7) is 5.33. The van der Waals surface area contributed by atoms with Crippen LogP contribution in [0, 0.1) is 6.92 Å². The summed E-state index contributed by atoms with van der Waals surface area (Å²) < 4.78 is 1.11. The summed E-state index contributed by atoms with van der Waals surface area (Å²) in [5, 5.41) is 6.15. The molecule has 0 fully saturated rings. The van der Waals surface area contributed by atoms with Crippen molar-refractivity contribution in [2.24, 2.45) is 0 Å². The maximum atomic E-state index is 11.8. The van der Waals surface area contributed by atoms with E-state index in [2.05, 4.69) is 51.7 Å². The van der Waals surface area contributed by atoms with Crippen LogP contribution in [-0.2, 0) is 6.54 Å². The zero-order valence-electron chi connectivity index (χ0n) is 12.2. The molecule has 1 amide bonds. The Balaban J connectivity index is 2.04. The van der Waals surface area contributed by atoms with Gasteiger partial charge < -0.3 is 10.6 Å². The van der Waals surface area contributed by atoms with Crippen molar-refractivity contribution in [3.63, 3.8) is 0 Å². The second kappa shape index (κ2) is 7.27. The lowest BCUT2D eigenvalue weighted by molar-refractivity contribution is 0.0956. The fourth-order valence-corrected chi connectivity index (χ4v) is 2.41. The Morgan fingerprint density at radius 1 is 1.19 bits per heavy atom. The summed E-state index contributed by atoms with van der Waals surface area (Å²) in [7, 11) is 0. The van der Waals surface area contributed by atoms with Crippen molar-refractivity contribution in [3.8, 4) is 0 Å². The van der Waals surface area contributed by atoms with Gasteiger partial charge in [-0.2, -0.15) is 0 Å². The van der Waals surface area contributed by atoms with E-state index in [1.807, 2.05) is 31.2 Å². The molecule has 0 saturated heterocycles. The molecule has 4 heteroatoms. The second-order valence-corrected chi connectivity index (χ2v) is 5.73. The smallest absolute Gasteiger partial charge is 0.251 e.